The Labute approximate surface area is 174 Å². The van der Waals surface area contributed by atoms with E-state index < -0.39 is 4.92 Å². The summed E-state index contributed by atoms with van der Waals surface area (Å²) in [6, 6.07) is 11.8. The third-order valence-corrected chi connectivity index (χ3v) is 5.26. The molecule has 0 aliphatic carbocycles. The van der Waals surface area contributed by atoms with Gasteiger partial charge in [-0.1, -0.05) is 11.6 Å². The van der Waals surface area contributed by atoms with E-state index in [1.54, 1.807) is 36.2 Å². The molecule has 1 amide bonds. The molecule has 2 aromatic carbocycles. The zero-order valence-electron chi connectivity index (χ0n) is 16.2. The Bertz CT molecular complexity index is 867. The molecule has 0 atom stereocenters. The molecule has 8 nitrogen and oxygen atoms in total. The number of amides is 1. The Morgan fingerprint density at radius 3 is 2.55 bits per heavy atom. The van der Waals surface area contributed by atoms with Crippen molar-refractivity contribution in [3.8, 4) is 5.75 Å². The molecule has 0 aromatic heterocycles. The highest BCUT2D eigenvalue weighted by atomic mass is 35.5. The summed E-state index contributed by atoms with van der Waals surface area (Å²) in [4.78, 5) is 26.6. The molecule has 1 aliphatic rings. The van der Waals surface area contributed by atoms with Crippen LogP contribution >= 0.6 is 11.6 Å². The van der Waals surface area contributed by atoms with E-state index in [1.165, 1.54) is 11.0 Å². The molecule has 1 saturated heterocycles. The molecular weight excluding hydrogens is 396 g/mol. The van der Waals surface area contributed by atoms with Gasteiger partial charge >= 0.3 is 0 Å². The van der Waals surface area contributed by atoms with Gasteiger partial charge in [-0.3, -0.25) is 14.9 Å². The largest absolute Gasteiger partial charge is 0.488 e. The van der Waals surface area contributed by atoms with E-state index >= 15 is 0 Å². The highest BCUT2D eigenvalue weighted by Crippen LogP contribution is 2.25. The molecule has 0 radical (unpaired) electrons. The van der Waals surface area contributed by atoms with Crippen LogP contribution < -0.4 is 15.0 Å². The van der Waals surface area contributed by atoms with Crippen LogP contribution in [0, 0.1) is 10.1 Å². The lowest BCUT2D eigenvalue weighted by Crippen LogP contribution is -3.15. The van der Waals surface area contributed by atoms with Crippen molar-refractivity contribution >= 4 is 28.9 Å². The van der Waals surface area contributed by atoms with Crippen molar-refractivity contribution in [2.75, 3.05) is 51.7 Å². The highest BCUT2D eigenvalue weighted by Gasteiger charge is 2.26. The van der Waals surface area contributed by atoms with E-state index in [-0.39, 0.29) is 11.6 Å². The maximum atomic E-state index is 12.7. The van der Waals surface area contributed by atoms with E-state index in [9.17, 15) is 14.9 Å². The summed E-state index contributed by atoms with van der Waals surface area (Å²) in [5, 5.41) is 14.7. The van der Waals surface area contributed by atoms with Gasteiger partial charge < -0.3 is 19.9 Å². The molecule has 29 heavy (non-hydrogen) atoms. The first-order chi connectivity index (χ1) is 14.0. The molecule has 0 unspecified atom stereocenters. The summed E-state index contributed by atoms with van der Waals surface area (Å²) in [5.74, 6) is 0.612. The van der Waals surface area contributed by atoms with Crippen LogP contribution in [0.25, 0.3) is 0 Å². The molecule has 9 heteroatoms. The van der Waals surface area contributed by atoms with E-state index in [2.05, 4.69) is 5.32 Å². The number of anilines is 1. The number of nitro benzene ring substituents is 1. The lowest BCUT2D eigenvalue weighted by molar-refractivity contribution is -0.903. The summed E-state index contributed by atoms with van der Waals surface area (Å²) in [6.07, 6.45) is 0. The third kappa shape index (κ3) is 5.36. The summed E-state index contributed by atoms with van der Waals surface area (Å²) in [6.45, 7) is 4.27. The average Bonchev–Trinajstić information content (AvgIpc) is 2.74. The second-order valence-corrected chi connectivity index (χ2v) is 7.27. The number of halogens is 1. The number of quaternary nitrogens is 1. The number of piperazine rings is 1. The first-order valence-electron chi connectivity index (χ1n) is 9.45. The van der Waals surface area contributed by atoms with Crippen molar-refractivity contribution in [3.63, 3.8) is 0 Å². The molecule has 3 rings (SSSR count). The fraction of sp³-hybridized carbons (Fsp3) is 0.350. The molecule has 2 N–H and O–H groups in total. The van der Waals surface area contributed by atoms with Crippen molar-refractivity contribution < 1.29 is 19.4 Å². The maximum absolute atomic E-state index is 12.7. The van der Waals surface area contributed by atoms with Crippen molar-refractivity contribution in [2.45, 2.75) is 0 Å². The summed E-state index contributed by atoms with van der Waals surface area (Å²) in [7, 11) is 1.61. The smallest absolute Gasteiger partial charge is 0.293 e. The molecule has 0 saturated carbocycles. The van der Waals surface area contributed by atoms with Crippen LogP contribution in [0.5, 0.6) is 5.75 Å². The van der Waals surface area contributed by atoms with Crippen molar-refractivity contribution in [1.29, 1.82) is 0 Å². The van der Waals surface area contributed by atoms with Crippen LogP contribution in [0.3, 0.4) is 0 Å². The zero-order valence-corrected chi connectivity index (χ0v) is 16.9. The van der Waals surface area contributed by atoms with Crippen LogP contribution in [-0.2, 0) is 0 Å². The molecule has 1 heterocycles. The standard InChI is InChI=1S/C20H23ClN4O4/c1-22-18-7-2-15(14-19(18)25(27)28)20(26)24-10-8-23(9-11-24)12-13-29-17-5-3-16(21)4-6-17/h2-7,14,22H,8-13H2,1H3/p+1. The number of carbonyl (C=O) groups is 1. The predicted octanol–water partition coefficient (Wildman–Crippen LogP) is 1.71. The first kappa shape index (κ1) is 20.9. The highest BCUT2D eigenvalue weighted by molar-refractivity contribution is 6.30. The zero-order chi connectivity index (χ0) is 20.8. The van der Waals surface area contributed by atoms with Gasteiger partial charge in [0.25, 0.3) is 11.6 Å². The van der Waals surface area contributed by atoms with E-state index in [1.807, 2.05) is 12.1 Å². The number of carbonyl (C=O) groups excluding carboxylic acids is 1. The van der Waals surface area contributed by atoms with Gasteiger partial charge in [-0.05, 0) is 36.4 Å². The van der Waals surface area contributed by atoms with Crippen LogP contribution in [0.1, 0.15) is 10.4 Å². The Morgan fingerprint density at radius 2 is 1.93 bits per heavy atom. The van der Waals surface area contributed by atoms with E-state index in [0.29, 0.717) is 36.0 Å². The van der Waals surface area contributed by atoms with Gasteiger partial charge in [0.05, 0.1) is 31.1 Å². The quantitative estimate of drug-likeness (QED) is 0.527. The molecule has 154 valence electrons. The number of hydrogen-bond donors (Lipinski definition) is 2. The minimum atomic E-state index is -0.481. The number of ether oxygens (including phenoxy) is 1. The Morgan fingerprint density at radius 1 is 1.24 bits per heavy atom. The number of benzene rings is 2. The minimum Gasteiger partial charge on any atom is -0.488 e. The van der Waals surface area contributed by atoms with Crippen LogP contribution in [0.15, 0.2) is 42.5 Å². The fourth-order valence-corrected chi connectivity index (χ4v) is 3.46. The molecule has 0 spiro atoms. The van der Waals surface area contributed by atoms with Gasteiger partial charge in [-0.15, -0.1) is 0 Å². The number of nitrogens with zero attached hydrogens (tertiary/aromatic N) is 2. The van der Waals surface area contributed by atoms with Gasteiger partial charge in [-0.25, -0.2) is 0 Å². The van der Waals surface area contributed by atoms with Gasteiger partial charge in [0.15, 0.2) is 0 Å². The fourth-order valence-electron chi connectivity index (χ4n) is 3.33. The molecule has 2 aromatic rings. The molecular formula is C20H24ClN4O4+. The third-order valence-electron chi connectivity index (χ3n) is 5.01. The number of nitro groups is 1. The second kappa shape index (κ2) is 9.58. The molecule has 1 aliphatic heterocycles. The normalized spacial score (nSPS) is 14.5. The number of hydrogen-bond acceptors (Lipinski definition) is 5. The monoisotopic (exact) mass is 419 g/mol. The minimum absolute atomic E-state index is 0.0954. The predicted molar refractivity (Wildman–Crippen MR) is 111 cm³/mol. The van der Waals surface area contributed by atoms with Gasteiger partial charge in [0.1, 0.15) is 24.6 Å². The molecule has 0 bridgehead atoms. The van der Waals surface area contributed by atoms with Crippen LogP contribution in [-0.4, -0.2) is 62.1 Å². The van der Waals surface area contributed by atoms with Crippen LogP contribution in [0.2, 0.25) is 5.02 Å². The summed E-state index contributed by atoms with van der Waals surface area (Å²) >= 11 is 5.86. The van der Waals surface area contributed by atoms with E-state index in [0.717, 1.165) is 25.4 Å². The van der Waals surface area contributed by atoms with Crippen molar-refractivity contribution in [2.24, 2.45) is 0 Å². The van der Waals surface area contributed by atoms with E-state index in [4.69, 9.17) is 16.3 Å². The number of nitrogens with one attached hydrogen (secondary N) is 2. The molecule has 1 fully saturated rings. The maximum Gasteiger partial charge on any atom is 0.293 e. The summed E-state index contributed by atoms with van der Waals surface area (Å²) < 4.78 is 5.73. The van der Waals surface area contributed by atoms with Crippen LogP contribution in [0.4, 0.5) is 11.4 Å². The summed E-state index contributed by atoms with van der Waals surface area (Å²) in [5.41, 5.74) is 0.633. The van der Waals surface area contributed by atoms with Crippen molar-refractivity contribution in [1.82, 2.24) is 4.90 Å². The average molecular weight is 420 g/mol. The Hall–Kier alpha value is -2.84. The Balaban J connectivity index is 1.50. The Kier molecular flexibility index (Phi) is 6.90. The topological polar surface area (TPSA) is 89.2 Å². The van der Waals surface area contributed by atoms with Crippen molar-refractivity contribution in [3.05, 3.63) is 63.2 Å². The van der Waals surface area contributed by atoms with Gasteiger partial charge in [0, 0.05) is 23.7 Å². The lowest BCUT2D eigenvalue weighted by atomic mass is 10.1. The van der Waals surface area contributed by atoms with Gasteiger partial charge in [0.2, 0.25) is 0 Å². The first-order valence-corrected chi connectivity index (χ1v) is 9.83. The SMILES string of the molecule is CNc1ccc(C(=O)N2CC[NH+](CCOc3ccc(Cl)cc3)CC2)cc1[N+](=O)[O-]. The lowest BCUT2D eigenvalue weighted by Gasteiger charge is -2.32. The number of rotatable bonds is 7. The second-order valence-electron chi connectivity index (χ2n) is 6.83. The van der Waals surface area contributed by atoms with Gasteiger partial charge in [-0.2, -0.15) is 0 Å².